The molecule has 0 unspecified atom stereocenters. The van der Waals surface area contributed by atoms with Gasteiger partial charge in [0.1, 0.15) is 17.3 Å². The minimum Gasteiger partial charge on any atom is -0.390 e. The summed E-state index contributed by atoms with van der Waals surface area (Å²) in [5, 5.41) is 9.94. The lowest BCUT2D eigenvalue weighted by molar-refractivity contribution is 0.0163. The van der Waals surface area contributed by atoms with Crippen molar-refractivity contribution in [1.29, 1.82) is 0 Å². The van der Waals surface area contributed by atoms with E-state index in [1.807, 2.05) is 0 Å². The van der Waals surface area contributed by atoms with Gasteiger partial charge in [-0.15, -0.1) is 0 Å². The fraction of sp³-hybridized carbons (Fsp3) is 0.389. The van der Waals surface area contributed by atoms with Crippen LogP contribution in [0.15, 0.2) is 35.4 Å². The third-order valence-electron chi connectivity index (χ3n) is 4.70. The highest BCUT2D eigenvalue weighted by molar-refractivity contribution is 7.89. The van der Waals surface area contributed by atoms with Crippen molar-refractivity contribution in [2.75, 3.05) is 0 Å². The molecule has 9 heteroatoms. The molecule has 3 rings (SSSR count). The van der Waals surface area contributed by atoms with Crippen LogP contribution >= 0.6 is 0 Å². The molecule has 0 atom stereocenters. The lowest BCUT2D eigenvalue weighted by Gasteiger charge is -2.33. The molecule has 1 aromatic heterocycles. The standard InChI is InChI=1S/C18H19F3N2O3S/c1-18(24)6-4-12(5-7-18)23-27(25,26)13-2-3-14(15(20)9-13)17-16(21)8-11(19)10-22-17/h2-3,8-10,12,23-24H,4-7H2,1H3/t12-,18-. The average Bonchev–Trinajstić information content (AvgIpc) is 2.57. The third kappa shape index (κ3) is 4.48. The Bertz CT molecular complexity index is 954. The van der Waals surface area contributed by atoms with E-state index < -0.39 is 38.8 Å². The second-order valence-corrected chi connectivity index (χ2v) is 8.73. The van der Waals surface area contributed by atoms with E-state index in [0.29, 0.717) is 31.7 Å². The number of aromatic nitrogens is 1. The number of pyridine rings is 1. The molecule has 146 valence electrons. The van der Waals surface area contributed by atoms with E-state index in [2.05, 4.69) is 9.71 Å². The van der Waals surface area contributed by atoms with Gasteiger partial charge in [-0.1, -0.05) is 0 Å². The van der Waals surface area contributed by atoms with Crippen molar-refractivity contribution < 1.29 is 26.7 Å². The lowest BCUT2D eigenvalue weighted by atomic mass is 9.84. The summed E-state index contributed by atoms with van der Waals surface area (Å²) >= 11 is 0. The Morgan fingerprint density at radius 1 is 1.15 bits per heavy atom. The molecule has 0 amide bonds. The van der Waals surface area contributed by atoms with E-state index >= 15 is 0 Å². The minimum atomic E-state index is -3.98. The van der Waals surface area contributed by atoms with Crippen LogP contribution in [0.1, 0.15) is 32.6 Å². The highest BCUT2D eigenvalue weighted by Crippen LogP contribution is 2.29. The van der Waals surface area contributed by atoms with Crippen LogP contribution in [-0.2, 0) is 10.0 Å². The average molecular weight is 400 g/mol. The summed E-state index contributed by atoms with van der Waals surface area (Å²) in [6.45, 7) is 1.70. The van der Waals surface area contributed by atoms with E-state index in [0.717, 1.165) is 24.4 Å². The van der Waals surface area contributed by atoms with Crippen molar-refractivity contribution in [3.8, 4) is 11.3 Å². The van der Waals surface area contributed by atoms with Gasteiger partial charge in [0, 0.05) is 17.7 Å². The number of benzene rings is 1. The van der Waals surface area contributed by atoms with Crippen LogP contribution in [-0.4, -0.2) is 30.2 Å². The lowest BCUT2D eigenvalue weighted by Crippen LogP contribution is -2.42. The molecule has 0 bridgehead atoms. The third-order valence-corrected chi connectivity index (χ3v) is 6.22. The van der Waals surface area contributed by atoms with Crippen LogP contribution in [0.3, 0.4) is 0 Å². The normalized spacial score (nSPS) is 23.4. The molecule has 1 saturated carbocycles. The summed E-state index contributed by atoms with van der Waals surface area (Å²) in [7, 11) is -3.98. The number of rotatable bonds is 4. The van der Waals surface area contributed by atoms with Gasteiger partial charge in [-0.3, -0.25) is 4.98 Å². The molecule has 0 radical (unpaired) electrons. The molecule has 0 aliphatic heterocycles. The Morgan fingerprint density at radius 3 is 2.41 bits per heavy atom. The van der Waals surface area contributed by atoms with E-state index in [1.54, 1.807) is 6.92 Å². The van der Waals surface area contributed by atoms with Crippen LogP contribution in [0.5, 0.6) is 0 Å². The maximum Gasteiger partial charge on any atom is 0.240 e. The van der Waals surface area contributed by atoms with Crippen LogP contribution in [0.4, 0.5) is 13.2 Å². The zero-order valence-electron chi connectivity index (χ0n) is 14.5. The predicted molar refractivity (Wildman–Crippen MR) is 92.7 cm³/mol. The van der Waals surface area contributed by atoms with Gasteiger partial charge in [-0.05, 0) is 50.8 Å². The second-order valence-electron chi connectivity index (χ2n) is 7.02. The fourth-order valence-corrected chi connectivity index (χ4v) is 4.43. The number of halogens is 3. The van der Waals surface area contributed by atoms with E-state index in [-0.39, 0.29) is 16.5 Å². The Morgan fingerprint density at radius 2 is 1.81 bits per heavy atom. The van der Waals surface area contributed by atoms with E-state index in [9.17, 15) is 26.7 Å². The van der Waals surface area contributed by atoms with Gasteiger partial charge in [0.25, 0.3) is 0 Å². The van der Waals surface area contributed by atoms with Gasteiger partial charge in [0.2, 0.25) is 10.0 Å². The van der Waals surface area contributed by atoms with Gasteiger partial charge in [0.05, 0.1) is 16.7 Å². The minimum absolute atomic E-state index is 0.264. The number of hydrogen-bond donors (Lipinski definition) is 2. The summed E-state index contributed by atoms with van der Waals surface area (Å²) in [4.78, 5) is 3.23. The highest BCUT2D eigenvalue weighted by Gasteiger charge is 2.31. The van der Waals surface area contributed by atoms with Gasteiger partial charge in [0.15, 0.2) is 5.82 Å². The Kier molecular flexibility index (Phi) is 5.29. The van der Waals surface area contributed by atoms with Crippen molar-refractivity contribution >= 4 is 10.0 Å². The monoisotopic (exact) mass is 400 g/mol. The Labute approximate surface area is 155 Å². The molecule has 2 N–H and O–H groups in total. The molecule has 27 heavy (non-hydrogen) atoms. The van der Waals surface area contributed by atoms with Crippen molar-refractivity contribution in [2.45, 2.75) is 49.1 Å². The maximum absolute atomic E-state index is 14.4. The first-order chi connectivity index (χ1) is 12.6. The van der Waals surface area contributed by atoms with E-state index in [1.165, 1.54) is 0 Å². The first-order valence-corrected chi connectivity index (χ1v) is 9.91. The summed E-state index contributed by atoms with van der Waals surface area (Å²) in [6.07, 6.45) is 2.61. The van der Waals surface area contributed by atoms with Crippen molar-refractivity contribution in [3.63, 3.8) is 0 Å². The molecule has 1 aliphatic carbocycles. The number of hydrogen-bond acceptors (Lipinski definition) is 4. The molecular formula is C18H19F3N2O3S. The summed E-state index contributed by atoms with van der Waals surface area (Å²) in [5.74, 6) is -2.93. The SMILES string of the molecule is C[C@]1(O)CC[C@H](NS(=O)(=O)c2ccc(-c3ncc(F)cc3F)c(F)c2)CC1. The smallest absolute Gasteiger partial charge is 0.240 e. The molecule has 2 aromatic rings. The van der Waals surface area contributed by atoms with Crippen LogP contribution in [0, 0.1) is 17.5 Å². The number of aliphatic hydroxyl groups is 1. The molecule has 0 spiro atoms. The molecule has 1 aromatic carbocycles. The topological polar surface area (TPSA) is 79.3 Å². The molecule has 1 aliphatic rings. The Hall–Kier alpha value is -1.97. The van der Waals surface area contributed by atoms with Crippen LogP contribution in [0.25, 0.3) is 11.3 Å². The Balaban J connectivity index is 1.82. The quantitative estimate of drug-likeness (QED) is 0.827. The molecule has 1 heterocycles. The van der Waals surface area contributed by atoms with Crippen molar-refractivity contribution in [1.82, 2.24) is 9.71 Å². The number of sulfonamides is 1. The summed E-state index contributed by atoms with van der Waals surface area (Å²) in [6, 6.07) is 3.24. The molecular weight excluding hydrogens is 381 g/mol. The van der Waals surface area contributed by atoms with Crippen molar-refractivity contribution in [2.24, 2.45) is 0 Å². The van der Waals surface area contributed by atoms with Crippen LogP contribution < -0.4 is 4.72 Å². The molecule has 0 saturated heterocycles. The van der Waals surface area contributed by atoms with Gasteiger partial charge < -0.3 is 5.11 Å². The maximum atomic E-state index is 14.4. The summed E-state index contributed by atoms with van der Waals surface area (Å²) < 4.78 is 68.7. The van der Waals surface area contributed by atoms with Crippen LogP contribution in [0.2, 0.25) is 0 Å². The predicted octanol–water partition coefficient (Wildman–Crippen LogP) is 3.14. The number of nitrogens with zero attached hydrogens (tertiary/aromatic N) is 1. The number of nitrogens with one attached hydrogen (secondary N) is 1. The van der Waals surface area contributed by atoms with Crippen molar-refractivity contribution in [3.05, 3.63) is 47.9 Å². The van der Waals surface area contributed by atoms with E-state index in [4.69, 9.17) is 0 Å². The molecule has 1 fully saturated rings. The highest BCUT2D eigenvalue weighted by atomic mass is 32.2. The first kappa shape index (κ1) is 19.8. The first-order valence-electron chi connectivity index (χ1n) is 8.43. The van der Waals surface area contributed by atoms with Gasteiger partial charge in [-0.25, -0.2) is 26.3 Å². The van der Waals surface area contributed by atoms with Gasteiger partial charge in [-0.2, -0.15) is 0 Å². The van der Waals surface area contributed by atoms with Gasteiger partial charge >= 0.3 is 0 Å². The largest absolute Gasteiger partial charge is 0.390 e. The zero-order valence-corrected chi connectivity index (χ0v) is 15.4. The molecule has 5 nitrogen and oxygen atoms in total. The zero-order chi connectivity index (χ0) is 19.8. The fourth-order valence-electron chi connectivity index (χ4n) is 3.11. The summed E-state index contributed by atoms with van der Waals surface area (Å²) in [5.41, 5.74) is -1.47. The second kappa shape index (κ2) is 7.21.